The second-order valence-electron chi connectivity index (χ2n) is 6.47. The summed E-state index contributed by atoms with van der Waals surface area (Å²) in [7, 11) is -3.09. The van der Waals surface area contributed by atoms with Crippen LogP contribution in [0.5, 0.6) is 0 Å². The average Bonchev–Trinajstić information content (AvgIpc) is 2.95. The number of ether oxygens (including phenoxy) is 1. The second-order valence-corrected chi connectivity index (χ2v) is 8.70. The fraction of sp³-hybridized carbons (Fsp3) is 0.857. The minimum atomic E-state index is -3.09. The van der Waals surface area contributed by atoms with Crippen LogP contribution in [-0.4, -0.2) is 67.1 Å². The molecule has 4 atom stereocenters. The van der Waals surface area contributed by atoms with Crippen LogP contribution in [0.25, 0.3) is 0 Å². The lowest BCUT2D eigenvalue weighted by atomic mass is 10.1. The van der Waals surface area contributed by atoms with Crippen molar-refractivity contribution in [3.8, 4) is 0 Å². The molecule has 3 aliphatic rings. The first-order chi connectivity index (χ1) is 10.4. The molecule has 8 heteroatoms. The molecule has 2 saturated heterocycles. The molecule has 0 bridgehead atoms. The molecule has 22 heavy (non-hydrogen) atoms. The molecule has 1 amide bonds. The standard InChI is InChI=1S/C14H21NO6S/c16-13(11-6-12(11)14(17)18)15(7-10-2-1-4-21-10)9-3-5-22(19,20)8-9/h9-12H,1-8H2,(H,17,18)/t9-,10-,11+,12-/m1/s1. The third-order valence-electron chi connectivity index (χ3n) is 4.78. The van der Waals surface area contributed by atoms with Crippen LogP contribution in [0.15, 0.2) is 0 Å². The molecular weight excluding hydrogens is 310 g/mol. The largest absolute Gasteiger partial charge is 0.481 e. The number of amides is 1. The van der Waals surface area contributed by atoms with Crippen molar-refractivity contribution in [1.29, 1.82) is 0 Å². The van der Waals surface area contributed by atoms with Gasteiger partial charge in [0, 0.05) is 19.2 Å². The van der Waals surface area contributed by atoms with Gasteiger partial charge in [-0.15, -0.1) is 0 Å². The molecule has 7 nitrogen and oxygen atoms in total. The van der Waals surface area contributed by atoms with E-state index in [0.717, 1.165) is 12.8 Å². The maximum absolute atomic E-state index is 12.6. The number of hydrogen-bond donors (Lipinski definition) is 1. The minimum absolute atomic E-state index is 0.0179. The summed E-state index contributed by atoms with van der Waals surface area (Å²) in [6.45, 7) is 1.04. The van der Waals surface area contributed by atoms with Gasteiger partial charge >= 0.3 is 5.97 Å². The lowest BCUT2D eigenvalue weighted by molar-refractivity contribution is -0.143. The number of carboxylic acids is 1. The van der Waals surface area contributed by atoms with Crippen molar-refractivity contribution < 1.29 is 27.9 Å². The van der Waals surface area contributed by atoms with Crippen molar-refractivity contribution >= 4 is 21.7 Å². The van der Waals surface area contributed by atoms with E-state index >= 15 is 0 Å². The summed E-state index contributed by atoms with van der Waals surface area (Å²) in [5.74, 6) is -2.20. The molecule has 0 aromatic heterocycles. The van der Waals surface area contributed by atoms with E-state index in [-0.39, 0.29) is 29.6 Å². The third-order valence-corrected chi connectivity index (χ3v) is 6.53. The molecule has 2 heterocycles. The van der Waals surface area contributed by atoms with Gasteiger partial charge in [-0.05, 0) is 25.7 Å². The average molecular weight is 331 g/mol. The van der Waals surface area contributed by atoms with Gasteiger partial charge in [0.05, 0.1) is 29.4 Å². The monoisotopic (exact) mass is 331 g/mol. The summed E-state index contributed by atoms with van der Waals surface area (Å²) in [4.78, 5) is 25.2. The first-order valence-corrected chi connectivity index (χ1v) is 9.55. The Kier molecular flexibility index (Phi) is 4.15. The molecule has 1 aliphatic carbocycles. The maximum Gasteiger partial charge on any atom is 0.307 e. The number of hydrogen-bond acceptors (Lipinski definition) is 5. The van der Waals surface area contributed by atoms with Crippen LogP contribution >= 0.6 is 0 Å². The Bertz CT molecular complexity index is 568. The molecule has 3 rings (SSSR count). The van der Waals surface area contributed by atoms with Crippen LogP contribution in [0.2, 0.25) is 0 Å². The normalized spacial score (nSPS) is 36.2. The summed E-state index contributed by atoms with van der Waals surface area (Å²) in [5.41, 5.74) is 0. The van der Waals surface area contributed by atoms with Crippen molar-refractivity contribution in [2.45, 2.75) is 37.8 Å². The van der Waals surface area contributed by atoms with E-state index < -0.39 is 27.6 Å². The van der Waals surface area contributed by atoms with Crippen LogP contribution in [0.3, 0.4) is 0 Å². The van der Waals surface area contributed by atoms with E-state index in [2.05, 4.69) is 0 Å². The summed E-state index contributed by atoms with van der Waals surface area (Å²) in [5, 5.41) is 9.00. The highest BCUT2D eigenvalue weighted by molar-refractivity contribution is 7.91. The van der Waals surface area contributed by atoms with Gasteiger partial charge in [-0.3, -0.25) is 9.59 Å². The molecule has 1 saturated carbocycles. The fourth-order valence-electron chi connectivity index (χ4n) is 3.40. The molecule has 0 aromatic rings. The van der Waals surface area contributed by atoms with Crippen molar-refractivity contribution in [3.05, 3.63) is 0 Å². The number of nitrogens with zero attached hydrogens (tertiary/aromatic N) is 1. The van der Waals surface area contributed by atoms with E-state index in [1.54, 1.807) is 4.90 Å². The van der Waals surface area contributed by atoms with Gasteiger partial charge in [-0.25, -0.2) is 8.42 Å². The van der Waals surface area contributed by atoms with Gasteiger partial charge in [0.1, 0.15) is 0 Å². The number of aliphatic carboxylic acids is 1. The Morgan fingerprint density at radius 3 is 2.50 bits per heavy atom. The SMILES string of the molecule is O=C(O)[C@@H]1C[C@@H]1C(=O)N(C[C@H]1CCCO1)[C@@H]1CCS(=O)(=O)C1. The van der Waals surface area contributed by atoms with Gasteiger partial charge in [0.25, 0.3) is 0 Å². The lowest BCUT2D eigenvalue weighted by Gasteiger charge is -2.30. The van der Waals surface area contributed by atoms with Crippen molar-refractivity contribution in [3.63, 3.8) is 0 Å². The first kappa shape index (κ1) is 15.7. The zero-order valence-electron chi connectivity index (χ0n) is 12.3. The number of carboxylic acid groups (broad SMARTS) is 1. The highest BCUT2D eigenvalue weighted by Gasteiger charge is 2.51. The smallest absolute Gasteiger partial charge is 0.307 e. The van der Waals surface area contributed by atoms with Crippen LogP contribution < -0.4 is 0 Å². The van der Waals surface area contributed by atoms with E-state index in [4.69, 9.17) is 9.84 Å². The van der Waals surface area contributed by atoms with Crippen molar-refractivity contribution in [2.24, 2.45) is 11.8 Å². The Morgan fingerprint density at radius 2 is 2.00 bits per heavy atom. The van der Waals surface area contributed by atoms with E-state index in [1.165, 1.54) is 0 Å². The number of sulfone groups is 1. The summed E-state index contributed by atoms with van der Waals surface area (Å²) in [6.07, 6.45) is 2.53. The highest BCUT2D eigenvalue weighted by Crippen LogP contribution is 2.41. The Labute approximate surface area is 129 Å². The van der Waals surface area contributed by atoms with E-state index in [0.29, 0.717) is 26.0 Å². The Balaban J connectivity index is 1.71. The second kappa shape index (κ2) is 5.81. The van der Waals surface area contributed by atoms with Gasteiger partial charge in [-0.2, -0.15) is 0 Å². The van der Waals surface area contributed by atoms with E-state index in [1.807, 2.05) is 0 Å². The molecule has 0 unspecified atom stereocenters. The first-order valence-electron chi connectivity index (χ1n) is 7.73. The maximum atomic E-state index is 12.6. The zero-order chi connectivity index (χ0) is 15.9. The van der Waals surface area contributed by atoms with Gasteiger partial charge in [-0.1, -0.05) is 0 Å². The van der Waals surface area contributed by atoms with Crippen molar-refractivity contribution in [1.82, 2.24) is 4.90 Å². The summed E-state index contributed by atoms with van der Waals surface area (Å²) >= 11 is 0. The van der Waals surface area contributed by atoms with Gasteiger partial charge < -0.3 is 14.7 Å². The van der Waals surface area contributed by atoms with Crippen LogP contribution in [-0.2, 0) is 24.2 Å². The molecule has 1 N–H and O–H groups in total. The van der Waals surface area contributed by atoms with Crippen molar-refractivity contribution in [2.75, 3.05) is 24.7 Å². The minimum Gasteiger partial charge on any atom is -0.481 e. The fourth-order valence-corrected chi connectivity index (χ4v) is 5.13. The van der Waals surface area contributed by atoms with Gasteiger partial charge in [0.2, 0.25) is 5.91 Å². The Morgan fingerprint density at radius 1 is 1.23 bits per heavy atom. The Hall–Kier alpha value is -1.15. The topological polar surface area (TPSA) is 101 Å². The van der Waals surface area contributed by atoms with Crippen LogP contribution in [0.1, 0.15) is 25.7 Å². The molecular formula is C14H21NO6S. The molecule has 0 radical (unpaired) electrons. The molecule has 0 spiro atoms. The number of carbonyl (C=O) groups is 2. The van der Waals surface area contributed by atoms with Gasteiger partial charge in [0.15, 0.2) is 9.84 Å². The predicted molar refractivity (Wildman–Crippen MR) is 77.0 cm³/mol. The molecule has 124 valence electrons. The highest BCUT2D eigenvalue weighted by atomic mass is 32.2. The van der Waals surface area contributed by atoms with Crippen LogP contribution in [0.4, 0.5) is 0 Å². The predicted octanol–water partition coefficient (Wildman–Crippen LogP) is -0.0982. The molecule has 2 aliphatic heterocycles. The quantitative estimate of drug-likeness (QED) is 0.755. The van der Waals surface area contributed by atoms with Crippen LogP contribution in [0, 0.1) is 11.8 Å². The summed E-state index contributed by atoms with van der Waals surface area (Å²) < 4.78 is 29.0. The molecule has 3 fully saturated rings. The van der Waals surface area contributed by atoms with E-state index in [9.17, 15) is 18.0 Å². The molecule has 0 aromatic carbocycles. The summed E-state index contributed by atoms with van der Waals surface area (Å²) in [6, 6.07) is -0.336. The number of rotatable bonds is 5. The third kappa shape index (κ3) is 3.27. The lowest BCUT2D eigenvalue weighted by Crippen LogP contribution is -2.46. The number of carbonyl (C=O) groups excluding carboxylic acids is 1. The zero-order valence-corrected chi connectivity index (χ0v) is 13.1.